The maximum absolute atomic E-state index is 12.5. The summed E-state index contributed by atoms with van der Waals surface area (Å²) in [6, 6.07) is 11.9. The van der Waals surface area contributed by atoms with Crippen molar-refractivity contribution in [1.29, 1.82) is 0 Å². The van der Waals surface area contributed by atoms with Crippen LogP contribution in [0.15, 0.2) is 36.4 Å². The minimum absolute atomic E-state index is 0.114. The quantitative estimate of drug-likeness (QED) is 0.718. The molecule has 0 aliphatic carbocycles. The van der Waals surface area contributed by atoms with Crippen LogP contribution >= 0.6 is 0 Å². The van der Waals surface area contributed by atoms with E-state index in [0.29, 0.717) is 0 Å². The van der Waals surface area contributed by atoms with E-state index in [1.807, 2.05) is 58.0 Å². The molecule has 0 aliphatic heterocycles. The van der Waals surface area contributed by atoms with E-state index in [0.717, 1.165) is 33.4 Å². The van der Waals surface area contributed by atoms with Gasteiger partial charge in [-0.15, -0.1) is 0 Å². The normalized spacial score (nSPS) is 10.4. The second-order valence-corrected chi connectivity index (χ2v) is 4.95. The number of benzene rings is 2. The van der Waals surface area contributed by atoms with Crippen LogP contribution in [-0.2, 0) is 0 Å². The molecular formula is C17H18O. The molecule has 2 aromatic rings. The molecule has 0 radical (unpaired) electrons. The third kappa shape index (κ3) is 2.35. The average Bonchev–Trinajstić information content (AvgIpc) is 2.30. The Bertz CT molecular complexity index is 589. The summed E-state index contributed by atoms with van der Waals surface area (Å²) in [5.74, 6) is 0.114. The summed E-state index contributed by atoms with van der Waals surface area (Å²) < 4.78 is 0. The summed E-state index contributed by atoms with van der Waals surface area (Å²) in [5.41, 5.74) is 6.07. The summed E-state index contributed by atoms with van der Waals surface area (Å²) in [4.78, 5) is 12.5. The average molecular weight is 238 g/mol. The van der Waals surface area contributed by atoms with Crippen LogP contribution in [0.4, 0.5) is 0 Å². The fraction of sp³-hybridized carbons (Fsp3) is 0.235. The second-order valence-electron chi connectivity index (χ2n) is 4.95. The van der Waals surface area contributed by atoms with Gasteiger partial charge in [0.2, 0.25) is 0 Å². The number of hydrogen-bond donors (Lipinski definition) is 0. The fourth-order valence-electron chi connectivity index (χ4n) is 2.26. The van der Waals surface area contributed by atoms with Gasteiger partial charge in [0.05, 0.1) is 0 Å². The zero-order valence-electron chi connectivity index (χ0n) is 11.4. The van der Waals surface area contributed by atoms with Crippen molar-refractivity contribution in [2.45, 2.75) is 27.7 Å². The van der Waals surface area contributed by atoms with Gasteiger partial charge in [-0.05, 0) is 51.0 Å². The molecule has 0 N–H and O–H groups in total. The van der Waals surface area contributed by atoms with Crippen LogP contribution in [0.3, 0.4) is 0 Å². The Kier molecular flexibility index (Phi) is 3.33. The monoisotopic (exact) mass is 238 g/mol. The third-order valence-electron chi connectivity index (χ3n) is 3.33. The van der Waals surface area contributed by atoms with E-state index >= 15 is 0 Å². The molecule has 0 heterocycles. The van der Waals surface area contributed by atoms with Gasteiger partial charge in [-0.3, -0.25) is 4.79 Å². The lowest BCUT2D eigenvalue weighted by atomic mass is 9.94. The zero-order valence-corrected chi connectivity index (χ0v) is 11.4. The fourth-order valence-corrected chi connectivity index (χ4v) is 2.26. The minimum atomic E-state index is 0.114. The first kappa shape index (κ1) is 12.6. The van der Waals surface area contributed by atoms with E-state index in [4.69, 9.17) is 0 Å². The van der Waals surface area contributed by atoms with Crippen molar-refractivity contribution in [1.82, 2.24) is 0 Å². The summed E-state index contributed by atoms with van der Waals surface area (Å²) in [7, 11) is 0. The van der Waals surface area contributed by atoms with Gasteiger partial charge >= 0.3 is 0 Å². The Balaban J connectivity index is 2.51. The molecule has 0 aliphatic rings. The molecule has 0 fully saturated rings. The molecule has 1 heteroatoms. The lowest BCUT2D eigenvalue weighted by Gasteiger charge is -2.09. The Morgan fingerprint density at radius 1 is 0.889 bits per heavy atom. The van der Waals surface area contributed by atoms with Crippen molar-refractivity contribution in [2.75, 3.05) is 0 Å². The molecule has 0 bridgehead atoms. The predicted octanol–water partition coefficient (Wildman–Crippen LogP) is 4.15. The van der Waals surface area contributed by atoms with Crippen LogP contribution in [0.1, 0.15) is 38.2 Å². The van der Waals surface area contributed by atoms with E-state index < -0.39 is 0 Å². The van der Waals surface area contributed by atoms with Crippen molar-refractivity contribution in [3.05, 3.63) is 69.8 Å². The molecule has 18 heavy (non-hydrogen) atoms. The first-order valence-corrected chi connectivity index (χ1v) is 6.18. The Morgan fingerprint density at radius 2 is 1.50 bits per heavy atom. The van der Waals surface area contributed by atoms with Crippen LogP contribution in [0.2, 0.25) is 0 Å². The van der Waals surface area contributed by atoms with Gasteiger partial charge in [-0.1, -0.05) is 35.4 Å². The van der Waals surface area contributed by atoms with Gasteiger partial charge in [-0.25, -0.2) is 0 Å². The zero-order chi connectivity index (χ0) is 13.3. The van der Waals surface area contributed by atoms with E-state index in [1.54, 1.807) is 0 Å². The van der Waals surface area contributed by atoms with Gasteiger partial charge in [-0.2, -0.15) is 0 Å². The van der Waals surface area contributed by atoms with Crippen molar-refractivity contribution in [2.24, 2.45) is 0 Å². The Labute approximate surface area is 108 Å². The van der Waals surface area contributed by atoms with Gasteiger partial charge in [0, 0.05) is 11.1 Å². The number of aryl methyl sites for hydroxylation is 3. The summed E-state index contributed by atoms with van der Waals surface area (Å²) in [6.07, 6.45) is 0. The number of rotatable bonds is 2. The van der Waals surface area contributed by atoms with Crippen LogP contribution < -0.4 is 0 Å². The highest BCUT2D eigenvalue weighted by Gasteiger charge is 2.13. The lowest BCUT2D eigenvalue weighted by molar-refractivity contribution is 0.103. The molecule has 0 saturated heterocycles. The van der Waals surface area contributed by atoms with E-state index in [2.05, 4.69) is 6.07 Å². The van der Waals surface area contributed by atoms with Crippen LogP contribution in [0, 0.1) is 27.7 Å². The molecule has 0 unspecified atom stereocenters. The molecule has 2 aromatic carbocycles. The predicted molar refractivity (Wildman–Crippen MR) is 75.3 cm³/mol. The Morgan fingerprint density at radius 3 is 2.11 bits per heavy atom. The second kappa shape index (κ2) is 4.77. The molecule has 0 atom stereocenters. The lowest BCUT2D eigenvalue weighted by Crippen LogP contribution is -2.05. The first-order valence-electron chi connectivity index (χ1n) is 6.18. The van der Waals surface area contributed by atoms with Crippen LogP contribution in [0.5, 0.6) is 0 Å². The topological polar surface area (TPSA) is 17.1 Å². The van der Waals surface area contributed by atoms with Gasteiger partial charge < -0.3 is 0 Å². The highest BCUT2D eigenvalue weighted by molar-refractivity contribution is 6.10. The van der Waals surface area contributed by atoms with Crippen LogP contribution in [0.25, 0.3) is 0 Å². The third-order valence-corrected chi connectivity index (χ3v) is 3.33. The molecule has 0 aromatic heterocycles. The maximum atomic E-state index is 12.5. The van der Waals surface area contributed by atoms with Gasteiger partial charge in [0.25, 0.3) is 0 Å². The number of hydrogen-bond acceptors (Lipinski definition) is 1. The molecule has 0 saturated carbocycles. The smallest absolute Gasteiger partial charge is 0.193 e. The molecular weight excluding hydrogens is 220 g/mol. The van der Waals surface area contributed by atoms with E-state index in [1.165, 1.54) is 0 Å². The van der Waals surface area contributed by atoms with Crippen molar-refractivity contribution in [3.8, 4) is 0 Å². The minimum Gasteiger partial charge on any atom is -0.289 e. The maximum Gasteiger partial charge on any atom is 0.193 e. The Hall–Kier alpha value is -1.89. The van der Waals surface area contributed by atoms with Crippen molar-refractivity contribution >= 4 is 5.78 Å². The molecule has 2 rings (SSSR count). The first-order chi connectivity index (χ1) is 8.49. The molecule has 0 spiro atoms. The molecule has 92 valence electrons. The van der Waals surface area contributed by atoms with Crippen molar-refractivity contribution in [3.63, 3.8) is 0 Å². The largest absolute Gasteiger partial charge is 0.289 e. The highest BCUT2D eigenvalue weighted by atomic mass is 16.1. The standard InChI is InChI=1S/C17H18O/c1-11-8-12(2)10-15(9-11)17(18)16-7-5-6-13(3)14(16)4/h5-10H,1-4H3. The number of ketones is 1. The number of carbonyl (C=O) groups is 1. The van der Waals surface area contributed by atoms with Crippen molar-refractivity contribution < 1.29 is 4.79 Å². The molecule has 1 nitrogen and oxygen atoms in total. The highest BCUT2D eigenvalue weighted by Crippen LogP contribution is 2.18. The van der Waals surface area contributed by atoms with E-state index in [-0.39, 0.29) is 5.78 Å². The SMILES string of the molecule is Cc1cc(C)cc(C(=O)c2cccc(C)c2C)c1. The summed E-state index contributed by atoms with van der Waals surface area (Å²) in [5, 5.41) is 0. The molecule has 0 amide bonds. The summed E-state index contributed by atoms with van der Waals surface area (Å²) >= 11 is 0. The van der Waals surface area contributed by atoms with E-state index in [9.17, 15) is 4.79 Å². The van der Waals surface area contributed by atoms with Gasteiger partial charge in [0.15, 0.2) is 5.78 Å². The van der Waals surface area contributed by atoms with Gasteiger partial charge in [0.1, 0.15) is 0 Å². The number of carbonyl (C=O) groups excluding carboxylic acids is 1. The summed E-state index contributed by atoms with van der Waals surface area (Å²) in [6.45, 7) is 8.08. The van der Waals surface area contributed by atoms with Crippen LogP contribution in [-0.4, -0.2) is 5.78 Å².